The quantitative estimate of drug-likeness (QED) is 0.568. The fourth-order valence-electron chi connectivity index (χ4n) is 5.30. The van der Waals surface area contributed by atoms with Gasteiger partial charge in [-0.05, 0) is 50.3 Å². The predicted molar refractivity (Wildman–Crippen MR) is 119 cm³/mol. The lowest BCUT2D eigenvalue weighted by molar-refractivity contribution is 0.175. The van der Waals surface area contributed by atoms with Crippen LogP contribution in [0.4, 0.5) is 10.5 Å². The number of imidazole rings is 1. The number of fused-ring (bicyclic) bond motifs is 3. The Labute approximate surface area is 177 Å². The number of hydrogen-bond acceptors (Lipinski definition) is 3. The molecule has 3 aromatic rings. The van der Waals surface area contributed by atoms with Crippen LogP contribution in [-0.4, -0.2) is 28.8 Å². The molecule has 5 rings (SSSR count). The van der Waals surface area contributed by atoms with E-state index >= 15 is 0 Å². The zero-order valence-corrected chi connectivity index (χ0v) is 17.8. The van der Waals surface area contributed by atoms with E-state index in [-0.39, 0.29) is 12.1 Å². The number of aromatic nitrogens is 2. The highest BCUT2D eigenvalue weighted by molar-refractivity contribution is 5.95. The summed E-state index contributed by atoms with van der Waals surface area (Å²) in [7, 11) is 1.45. The molecule has 2 heterocycles. The monoisotopic (exact) mass is 403 g/mol. The van der Waals surface area contributed by atoms with Crippen LogP contribution in [0.5, 0.6) is 0 Å². The maximum absolute atomic E-state index is 12.5. The summed E-state index contributed by atoms with van der Waals surface area (Å²) in [5, 5.41) is 0. The van der Waals surface area contributed by atoms with E-state index in [4.69, 9.17) is 9.72 Å². The summed E-state index contributed by atoms with van der Waals surface area (Å²) in [5.74, 6) is 1.14. The van der Waals surface area contributed by atoms with Crippen LogP contribution in [0.15, 0.2) is 42.5 Å². The lowest BCUT2D eigenvalue weighted by Crippen LogP contribution is -2.42. The first-order chi connectivity index (χ1) is 14.7. The second-order valence-electron chi connectivity index (χ2n) is 8.66. The minimum atomic E-state index is -0.289. The van der Waals surface area contributed by atoms with Gasteiger partial charge in [0.2, 0.25) is 0 Å². The normalized spacial score (nSPS) is 19.3. The number of methoxy groups -OCH3 is 1. The van der Waals surface area contributed by atoms with Gasteiger partial charge in [-0.2, -0.15) is 0 Å². The fraction of sp³-hybridized carbons (Fsp3) is 0.440. The first kappa shape index (κ1) is 19.2. The summed E-state index contributed by atoms with van der Waals surface area (Å²) < 4.78 is 7.58. The summed E-state index contributed by atoms with van der Waals surface area (Å²) in [6, 6.07) is 15.5. The first-order valence-electron chi connectivity index (χ1n) is 11.1. The average molecular weight is 404 g/mol. The van der Waals surface area contributed by atoms with Crippen molar-refractivity contribution in [3.05, 3.63) is 59.4 Å². The van der Waals surface area contributed by atoms with Gasteiger partial charge >= 0.3 is 6.09 Å². The Bertz CT molecular complexity index is 1070. The number of amides is 1. The van der Waals surface area contributed by atoms with Crippen molar-refractivity contribution < 1.29 is 9.53 Å². The second kappa shape index (κ2) is 7.78. The molecular weight excluding hydrogens is 374 g/mol. The minimum absolute atomic E-state index is 0.128. The number of benzene rings is 2. The van der Waals surface area contributed by atoms with E-state index < -0.39 is 0 Å². The maximum atomic E-state index is 12.5. The van der Waals surface area contributed by atoms with Crippen LogP contribution in [0.2, 0.25) is 0 Å². The van der Waals surface area contributed by atoms with Crippen LogP contribution in [0, 0.1) is 0 Å². The molecule has 156 valence electrons. The Morgan fingerprint density at radius 1 is 1.10 bits per heavy atom. The summed E-state index contributed by atoms with van der Waals surface area (Å²) in [6.07, 6.45) is 7.41. The van der Waals surface area contributed by atoms with E-state index in [2.05, 4.69) is 54.0 Å². The number of carbonyl (C=O) groups excluding carboxylic acids is 1. The van der Waals surface area contributed by atoms with E-state index in [1.54, 1.807) is 4.90 Å². The van der Waals surface area contributed by atoms with Crippen LogP contribution in [0.3, 0.4) is 0 Å². The van der Waals surface area contributed by atoms with Crippen LogP contribution in [0.25, 0.3) is 11.0 Å². The van der Waals surface area contributed by atoms with Crippen molar-refractivity contribution in [2.24, 2.45) is 0 Å². The Morgan fingerprint density at radius 3 is 2.60 bits per heavy atom. The highest BCUT2D eigenvalue weighted by Crippen LogP contribution is 2.40. The Hall–Kier alpha value is -2.82. The minimum Gasteiger partial charge on any atom is -0.452 e. The van der Waals surface area contributed by atoms with Crippen molar-refractivity contribution in [3.63, 3.8) is 0 Å². The number of rotatable bonds is 3. The molecule has 5 nitrogen and oxygen atoms in total. The highest BCUT2D eigenvalue weighted by Gasteiger charge is 2.32. The van der Waals surface area contributed by atoms with Gasteiger partial charge < -0.3 is 9.30 Å². The molecular formula is C25H29N3O2. The van der Waals surface area contributed by atoms with E-state index in [9.17, 15) is 4.79 Å². The summed E-state index contributed by atoms with van der Waals surface area (Å²) in [4.78, 5) is 19.5. The number of hydrogen-bond donors (Lipinski definition) is 0. The second-order valence-corrected chi connectivity index (χ2v) is 8.66. The van der Waals surface area contributed by atoms with Crippen molar-refractivity contribution in [3.8, 4) is 0 Å². The topological polar surface area (TPSA) is 47.4 Å². The van der Waals surface area contributed by atoms with Crippen molar-refractivity contribution >= 4 is 22.8 Å². The molecule has 1 atom stereocenters. The lowest BCUT2D eigenvalue weighted by atomic mass is 9.95. The molecule has 1 aliphatic heterocycles. The molecule has 0 unspecified atom stereocenters. The molecule has 0 bridgehead atoms. The van der Waals surface area contributed by atoms with Crippen LogP contribution in [-0.2, 0) is 17.6 Å². The Kier molecular flexibility index (Phi) is 4.97. The Balaban J connectivity index is 1.67. The molecule has 0 saturated heterocycles. The SMILES string of the molecule is COC(=O)N1c2ccc3c(nc(Cc4ccccc4)n3C3CCCC3)c2CC[C@@H]1C. The van der Waals surface area contributed by atoms with Crippen LogP contribution >= 0.6 is 0 Å². The summed E-state index contributed by atoms with van der Waals surface area (Å²) in [5.41, 5.74) is 5.69. The highest BCUT2D eigenvalue weighted by atomic mass is 16.5. The van der Waals surface area contributed by atoms with Crippen molar-refractivity contribution in [2.45, 2.75) is 64.0 Å². The smallest absolute Gasteiger partial charge is 0.414 e. The van der Waals surface area contributed by atoms with Gasteiger partial charge in [0, 0.05) is 24.1 Å². The average Bonchev–Trinajstić information content (AvgIpc) is 3.41. The molecule has 1 amide bonds. The predicted octanol–water partition coefficient (Wildman–Crippen LogP) is 5.65. The first-order valence-corrected chi connectivity index (χ1v) is 11.1. The molecule has 30 heavy (non-hydrogen) atoms. The molecule has 1 saturated carbocycles. The van der Waals surface area contributed by atoms with Gasteiger partial charge in [0.25, 0.3) is 0 Å². The molecule has 1 fully saturated rings. The van der Waals surface area contributed by atoms with E-state index in [1.165, 1.54) is 49.4 Å². The van der Waals surface area contributed by atoms with E-state index in [0.717, 1.165) is 36.3 Å². The summed E-state index contributed by atoms with van der Waals surface area (Å²) >= 11 is 0. The van der Waals surface area contributed by atoms with Gasteiger partial charge in [-0.15, -0.1) is 0 Å². The molecule has 1 aromatic heterocycles. The third-order valence-electron chi connectivity index (χ3n) is 6.79. The standard InChI is InChI=1S/C25H29N3O2/c1-17-12-13-20-21(27(17)25(29)30-2)14-15-22-24(20)26-23(16-18-8-4-3-5-9-18)28(22)19-10-6-7-11-19/h3-5,8-9,14-15,17,19H,6-7,10-13,16H2,1-2H3/t17-/m0/s1. The number of carbonyl (C=O) groups is 1. The lowest BCUT2D eigenvalue weighted by Gasteiger charge is -2.34. The largest absolute Gasteiger partial charge is 0.452 e. The zero-order chi connectivity index (χ0) is 20.7. The van der Waals surface area contributed by atoms with Gasteiger partial charge in [0.15, 0.2) is 0 Å². The summed E-state index contributed by atoms with van der Waals surface area (Å²) in [6.45, 7) is 2.09. The van der Waals surface area contributed by atoms with Gasteiger partial charge in [0.05, 0.1) is 23.8 Å². The Morgan fingerprint density at radius 2 is 1.87 bits per heavy atom. The molecule has 1 aliphatic carbocycles. The van der Waals surface area contributed by atoms with Crippen LogP contribution in [0.1, 0.15) is 62.0 Å². The van der Waals surface area contributed by atoms with Crippen molar-refractivity contribution in [1.82, 2.24) is 9.55 Å². The van der Waals surface area contributed by atoms with Gasteiger partial charge in [-0.3, -0.25) is 4.90 Å². The van der Waals surface area contributed by atoms with Crippen molar-refractivity contribution in [1.29, 1.82) is 0 Å². The molecule has 0 spiro atoms. The number of nitrogens with zero attached hydrogens (tertiary/aromatic N) is 3. The van der Waals surface area contributed by atoms with E-state index in [0.29, 0.717) is 6.04 Å². The molecule has 5 heteroatoms. The van der Waals surface area contributed by atoms with Gasteiger partial charge in [0.1, 0.15) is 5.82 Å². The fourth-order valence-corrected chi connectivity index (χ4v) is 5.30. The zero-order valence-electron chi connectivity index (χ0n) is 17.8. The van der Waals surface area contributed by atoms with E-state index in [1.807, 2.05) is 0 Å². The number of aryl methyl sites for hydroxylation is 1. The van der Waals surface area contributed by atoms with Crippen LogP contribution < -0.4 is 4.90 Å². The molecule has 0 N–H and O–H groups in total. The van der Waals surface area contributed by atoms with Crippen molar-refractivity contribution in [2.75, 3.05) is 12.0 Å². The third kappa shape index (κ3) is 3.17. The number of ether oxygens (including phenoxy) is 1. The maximum Gasteiger partial charge on any atom is 0.414 e. The molecule has 0 radical (unpaired) electrons. The van der Waals surface area contributed by atoms with Gasteiger partial charge in [-0.1, -0.05) is 43.2 Å². The molecule has 2 aromatic carbocycles. The third-order valence-corrected chi connectivity index (χ3v) is 6.79. The molecule has 2 aliphatic rings. The van der Waals surface area contributed by atoms with Gasteiger partial charge in [-0.25, -0.2) is 9.78 Å². The number of anilines is 1.